The number of Topliss-reactive ketones (excluding diaryl/α,β-unsaturated/α-hetero) is 1. The molecule has 2 heterocycles. The average Bonchev–Trinajstić information content (AvgIpc) is 3.18. The topological polar surface area (TPSA) is 102 Å². The molecule has 37 heavy (non-hydrogen) atoms. The standard InChI is InChI=1S/C28H34N2O7/c1-4-36-22-11-8-20(18-23(22)37-5-2)25-24(26(31)19-6-9-21(34-3)10-7-19)27(32)28(33)30(25)13-12-29-14-16-35-17-15-29/h6-11,18,25,31H,4-5,12-17H2,1-3H3/b26-24+. The predicted molar refractivity (Wildman–Crippen MR) is 135 cm³/mol. The van der Waals surface area contributed by atoms with Gasteiger partial charge in [0.15, 0.2) is 11.5 Å². The molecule has 2 saturated heterocycles. The van der Waals surface area contributed by atoms with Gasteiger partial charge in [-0.05, 0) is 49.2 Å². The summed E-state index contributed by atoms with van der Waals surface area (Å²) in [7, 11) is 1.54. The van der Waals surface area contributed by atoms with Crippen LogP contribution in [0.4, 0.5) is 0 Å². The van der Waals surface area contributed by atoms with Crippen LogP contribution in [-0.4, -0.2) is 76.3 Å². The largest absolute Gasteiger partial charge is 0.872 e. The first-order valence-corrected chi connectivity index (χ1v) is 12.7. The lowest BCUT2D eigenvalue weighted by molar-refractivity contribution is -0.907. The van der Waals surface area contributed by atoms with Crippen molar-refractivity contribution in [3.05, 3.63) is 59.2 Å². The van der Waals surface area contributed by atoms with Crippen LogP contribution in [0, 0.1) is 0 Å². The van der Waals surface area contributed by atoms with Crippen molar-refractivity contribution in [3.8, 4) is 17.2 Å². The lowest BCUT2D eigenvalue weighted by atomic mass is 9.95. The van der Waals surface area contributed by atoms with Gasteiger partial charge >= 0.3 is 0 Å². The van der Waals surface area contributed by atoms with Gasteiger partial charge in [0.1, 0.15) is 18.8 Å². The molecule has 0 aliphatic carbocycles. The zero-order chi connectivity index (χ0) is 26.4. The molecule has 2 fully saturated rings. The number of amides is 1. The molecule has 2 aliphatic rings. The molecule has 198 valence electrons. The van der Waals surface area contributed by atoms with Gasteiger partial charge in [-0.15, -0.1) is 0 Å². The number of hydrogen-bond donors (Lipinski definition) is 1. The maximum absolute atomic E-state index is 13.7. The smallest absolute Gasteiger partial charge is 0.295 e. The SMILES string of the molecule is CCOc1ccc(C2/C(=C(\[O-])c3ccc(OC)cc3)C(=O)C(=O)N2CC[NH+]2CCOCC2)cc1OCC. The van der Waals surface area contributed by atoms with Crippen LogP contribution in [0.15, 0.2) is 48.0 Å². The zero-order valence-corrected chi connectivity index (χ0v) is 21.6. The Bertz CT molecular complexity index is 1140. The summed E-state index contributed by atoms with van der Waals surface area (Å²) in [5.74, 6) is -0.246. The van der Waals surface area contributed by atoms with Crippen LogP contribution >= 0.6 is 0 Å². The molecule has 9 nitrogen and oxygen atoms in total. The first kappa shape index (κ1) is 26.5. The zero-order valence-electron chi connectivity index (χ0n) is 21.6. The number of nitrogens with one attached hydrogen (secondary N) is 1. The number of morpholine rings is 1. The van der Waals surface area contributed by atoms with Crippen LogP contribution in [0.5, 0.6) is 17.2 Å². The average molecular weight is 511 g/mol. The van der Waals surface area contributed by atoms with Gasteiger partial charge in [0, 0.05) is 5.57 Å². The van der Waals surface area contributed by atoms with Crippen molar-refractivity contribution in [2.45, 2.75) is 19.9 Å². The second-order valence-corrected chi connectivity index (χ2v) is 8.89. The number of ether oxygens (including phenoxy) is 4. The Kier molecular flexibility index (Phi) is 8.68. The van der Waals surface area contributed by atoms with Crippen LogP contribution in [-0.2, 0) is 14.3 Å². The Balaban J connectivity index is 1.77. The third kappa shape index (κ3) is 5.73. The first-order valence-electron chi connectivity index (χ1n) is 12.7. The van der Waals surface area contributed by atoms with Crippen LogP contribution < -0.4 is 24.2 Å². The minimum atomic E-state index is -0.829. The van der Waals surface area contributed by atoms with Gasteiger partial charge in [0.25, 0.3) is 5.91 Å². The number of rotatable bonds is 10. The number of ketones is 1. The summed E-state index contributed by atoms with van der Waals surface area (Å²) in [5, 5.41) is 13.7. The summed E-state index contributed by atoms with van der Waals surface area (Å²) in [6.45, 7) is 8.60. The monoisotopic (exact) mass is 510 g/mol. The van der Waals surface area contributed by atoms with Crippen molar-refractivity contribution >= 4 is 17.4 Å². The first-order chi connectivity index (χ1) is 18.0. The van der Waals surface area contributed by atoms with Gasteiger partial charge in [-0.3, -0.25) is 9.59 Å². The van der Waals surface area contributed by atoms with Gasteiger partial charge in [-0.2, -0.15) is 0 Å². The van der Waals surface area contributed by atoms with Crippen molar-refractivity contribution < 1.29 is 38.5 Å². The van der Waals surface area contributed by atoms with Crippen molar-refractivity contribution in [2.75, 3.05) is 59.7 Å². The van der Waals surface area contributed by atoms with E-state index in [0.29, 0.717) is 67.9 Å². The Hall–Kier alpha value is -3.56. The molecular weight excluding hydrogens is 476 g/mol. The number of nitrogens with zero attached hydrogens (tertiary/aromatic N) is 1. The molecule has 0 bridgehead atoms. The summed E-state index contributed by atoms with van der Waals surface area (Å²) < 4.78 is 22.1. The van der Waals surface area contributed by atoms with E-state index >= 15 is 0 Å². The van der Waals surface area contributed by atoms with Gasteiger partial charge < -0.3 is 33.9 Å². The predicted octanol–water partition coefficient (Wildman–Crippen LogP) is 0.632. The third-order valence-electron chi connectivity index (χ3n) is 6.67. The molecule has 1 N–H and O–H groups in total. The lowest BCUT2D eigenvalue weighted by Crippen LogP contribution is -3.14. The normalized spacial score (nSPS) is 19.8. The van der Waals surface area contributed by atoms with E-state index in [1.54, 1.807) is 42.5 Å². The molecule has 0 radical (unpaired) electrons. The maximum atomic E-state index is 13.7. The van der Waals surface area contributed by atoms with E-state index in [0.717, 1.165) is 13.1 Å². The number of hydrogen-bond acceptors (Lipinski definition) is 7. The second-order valence-electron chi connectivity index (χ2n) is 8.89. The fourth-order valence-corrected chi connectivity index (χ4v) is 4.77. The van der Waals surface area contributed by atoms with E-state index in [9.17, 15) is 14.7 Å². The van der Waals surface area contributed by atoms with Crippen molar-refractivity contribution in [1.29, 1.82) is 0 Å². The number of quaternary nitrogens is 1. The number of methoxy groups -OCH3 is 1. The van der Waals surface area contributed by atoms with Gasteiger partial charge in [0.05, 0.1) is 52.7 Å². The molecule has 2 aromatic rings. The quantitative estimate of drug-likeness (QED) is 0.284. The van der Waals surface area contributed by atoms with E-state index in [4.69, 9.17) is 18.9 Å². The molecule has 2 aromatic carbocycles. The lowest BCUT2D eigenvalue weighted by Gasteiger charge is -2.30. The highest BCUT2D eigenvalue weighted by Gasteiger charge is 2.44. The fraction of sp³-hybridized carbons (Fsp3) is 0.429. The number of benzene rings is 2. The Labute approximate surface area is 217 Å². The molecule has 0 saturated carbocycles. The van der Waals surface area contributed by atoms with Gasteiger partial charge in [-0.25, -0.2) is 0 Å². The number of carbonyl (C=O) groups is 2. The highest BCUT2D eigenvalue weighted by atomic mass is 16.5. The molecular formula is C28H34N2O7. The summed E-state index contributed by atoms with van der Waals surface area (Å²) in [6.07, 6.45) is 0. The number of likely N-dealkylation sites (tertiary alicyclic amines) is 1. The van der Waals surface area contributed by atoms with Gasteiger partial charge in [-0.1, -0.05) is 24.0 Å². The van der Waals surface area contributed by atoms with E-state index in [1.165, 1.54) is 16.9 Å². The van der Waals surface area contributed by atoms with E-state index < -0.39 is 23.5 Å². The minimum absolute atomic E-state index is 0.0567. The highest BCUT2D eigenvalue weighted by Crippen LogP contribution is 2.41. The molecule has 9 heteroatoms. The van der Waals surface area contributed by atoms with E-state index in [-0.39, 0.29) is 5.57 Å². The Morgan fingerprint density at radius 3 is 2.35 bits per heavy atom. The molecule has 2 aliphatic heterocycles. The molecule has 4 rings (SSSR count). The van der Waals surface area contributed by atoms with Crippen LogP contribution in [0.1, 0.15) is 31.0 Å². The highest BCUT2D eigenvalue weighted by molar-refractivity contribution is 6.46. The minimum Gasteiger partial charge on any atom is -0.872 e. The van der Waals surface area contributed by atoms with Crippen molar-refractivity contribution in [3.63, 3.8) is 0 Å². The maximum Gasteiger partial charge on any atom is 0.295 e. The second kappa shape index (κ2) is 12.1. The third-order valence-corrected chi connectivity index (χ3v) is 6.67. The van der Waals surface area contributed by atoms with Crippen LogP contribution in [0.2, 0.25) is 0 Å². The Morgan fingerprint density at radius 1 is 1.03 bits per heavy atom. The van der Waals surface area contributed by atoms with Crippen molar-refractivity contribution in [2.24, 2.45) is 0 Å². The van der Waals surface area contributed by atoms with Crippen LogP contribution in [0.25, 0.3) is 5.76 Å². The van der Waals surface area contributed by atoms with E-state index in [1.807, 2.05) is 13.8 Å². The molecule has 0 aromatic heterocycles. The molecule has 1 amide bonds. The molecule has 0 spiro atoms. The van der Waals surface area contributed by atoms with Crippen molar-refractivity contribution in [1.82, 2.24) is 4.90 Å². The van der Waals surface area contributed by atoms with Gasteiger partial charge in [0.2, 0.25) is 5.78 Å². The summed E-state index contributed by atoms with van der Waals surface area (Å²) >= 11 is 0. The van der Waals surface area contributed by atoms with E-state index in [2.05, 4.69) is 0 Å². The summed E-state index contributed by atoms with van der Waals surface area (Å²) in [4.78, 5) is 29.4. The Morgan fingerprint density at radius 2 is 1.70 bits per heavy atom. The number of carbonyl (C=O) groups excluding carboxylic acids is 2. The summed E-state index contributed by atoms with van der Waals surface area (Å²) in [5.41, 5.74) is 0.886. The summed E-state index contributed by atoms with van der Waals surface area (Å²) in [6, 6.07) is 11.0. The fourth-order valence-electron chi connectivity index (χ4n) is 4.77. The molecule has 1 atom stereocenters. The van der Waals surface area contributed by atoms with Crippen LogP contribution in [0.3, 0.4) is 0 Å². The molecule has 1 unspecified atom stereocenters.